The van der Waals surface area contributed by atoms with E-state index in [9.17, 15) is 4.39 Å². The number of aryl methyl sites for hydroxylation is 2. The van der Waals surface area contributed by atoms with E-state index in [4.69, 9.17) is 0 Å². The minimum absolute atomic E-state index is 0.264. The predicted octanol–water partition coefficient (Wildman–Crippen LogP) is 8.74. The number of allylic oxidation sites excluding steroid dienone is 2. The van der Waals surface area contributed by atoms with Gasteiger partial charge in [0.05, 0.1) is 11.2 Å². The summed E-state index contributed by atoms with van der Waals surface area (Å²) < 4.78 is 14.7. The zero-order chi connectivity index (χ0) is 29.5. The van der Waals surface area contributed by atoms with E-state index in [1.165, 1.54) is 37.6 Å². The Bertz CT molecular complexity index is 1690. The third kappa shape index (κ3) is 6.29. The van der Waals surface area contributed by atoms with Crippen LogP contribution in [0.15, 0.2) is 85.7 Å². The van der Waals surface area contributed by atoms with Crippen LogP contribution in [0, 0.1) is 12.7 Å². The van der Waals surface area contributed by atoms with Crippen LogP contribution in [0.5, 0.6) is 0 Å². The van der Waals surface area contributed by atoms with E-state index >= 15 is 0 Å². The first-order valence-corrected chi connectivity index (χ1v) is 15.0. The quantitative estimate of drug-likeness (QED) is 0.177. The molecule has 0 unspecified atom stereocenters. The molecular formula is C36H40FN5. The first kappa shape index (κ1) is 29.2. The van der Waals surface area contributed by atoms with E-state index in [1.807, 2.05) is 51.4 Å². The molecule has 1 aliphatic heterocycles. The van der Waals surface area contributed by atoms with E-state index in [0.29, 0.717) is 5.56 Å². The molecule has 4 heterocycles. The molecule has 1 aliphatic rings. The van der Waals surface area contributed by atoms with Gasteiger partial charge in [0.25, 0.3) is 0 Å². The maximum atomic E-state index is 14.7. The van der Waals surface area contributed by atoms with Crippen molar-refractivity contribution in [2.24, 2.45) is 0 Å². The first-order valence-electron chi connectivity index (χ1n) is 15.0. The summed E-state index contributed by atoms with van der Waals surface area (Å²) in [5.74, 6) is -0.264. The third-order valence-electron chi connectivity index (χ3n) is 7.84. The second-order valence-corrected chi connectivity index (χ2v) is 10.6. The van der Waals surface area contributed by atoms with E-state index in [-0.39, 0.29) is 5.82 Å². The fourth-order valence-electron chi connectivity index (χ4n) is 5.78. The van der Waals surface area contributed by atoms with Gasteiger partial charge in [-0.15, -0.1) is 0 Å². The van der Waals surface area contributed by atoms with Crippen molar-refractivity contribution in [3.63, 3.8) is 0 Å². The highest BCUT2D eigenvalue weighted by Crippen LogP contribution is 2.35. The predicted molar refractivity (Wildman–Crippen MR) is 173 cm³/mol. The molecule has 42 heavy (non-hydrogen) atoms. The molecule has 0 amide bonds. The Morgan fingerprint density at radius 2 is 1.81 bits per heavy atom. The van der Waals surface area contributed by atoms with Gasteiger partial charge < -0.3 is 9.88 Å². The Morgan fingerprint density at radius 1 is 1.00 bits per heavy atom. The third-order valence-corrected chi connectivity index (χ3v) is 7.84. The van der Waals surface area contributed by atoms with Crippen LogP contribution < -0.4 is 0 Å². The lowest BCUT2D eigenvalue weighted by atomic mass is 9.96. The lowest BCUT2D eigenvalue weighted by molar-refractivity contribution is 0.334. The van der Waals surface area contributed by atoms with Crippen molar-refractivity contribution in [1.82, 2.24) is 25.1 Å². The fourth-order valence-corrected chi connectivity index (χ4v) is 5.78. The van der Waals surface area contributed by atoms with Gasteiger partial charge in [0.1, 0.15) is 11.5 Å². The van der Waals surface area contributed by atoms with Crippen LogP contribution in [0.4, 0.5) is 4.39 Å². The molecule has 0 atom stereocenters. The maximum Gasteiger partial charge on any atom is 0.131 e. The lowest BCUT2D eigenvalue weighted by Crippen LogP contribution is -2.20. The largest absolute Gasteiger partial charge is 0.357 e. The number of pyridine rings is 1. The van der Waals surface area contributed by atoms with Crippen molar-refractivity contribution < 1.29 is 4.39 Å². The summed E-state index contributed by atoms with van der Waals surface area (Å²) in [7, 11) is 0. The van der Waals surface area contributed by atoms with Crippen LogP contribution in [0.25, 0.3) is 39.0 Å². The van der Waals surface area contributed by atoms with Crippen molar-refractivity contribution >= 4 is 16.5 Å². The number of nitrogens with one attached hydrogen (secondary N) is 2. The van der Waals surface area contributed by atoms with Gasteiger partial charge in [0.15, 0.2) is 0 Å². The summed E-state index contributed by atoms with van der Waals surface area (Å²) in [6, 6.07) is 17.5. The van der Waals surface area contributed by atoms with Gasteiger partial charge >= 0.3 is 0 Å². The number of aromatic nitrogens is 4. The number of rotatable bonds is 9. The number of hydrogen-bond donors (Lipinski definition) is 2. The Labute approximate surface area is 248 Å². The summed E-state index contributed by atoms with van der Waals surface area (Å²) in [4.78, 5) is 10.6. The molecule has 1 fully saturated rings. The standard InChI is InChI=1S/C34H34FN5.C2H6/c1-3-9-27(28-11-4-5-12-31(28)35)29-20-33(37-23(29)2)34-30-19-25(13-14-32(30)38-39-34)26-18-24(21-36-22-26)10-8-17-40-15-6-7-16-40;1-2/h3-5,9,11-14,18-22,37H,1,6-8,10,15-17H2,2H3,(H,38,39);1-2H3/b27-9-;. The molecule has 0 saturated carbocycles. The molecule has 0 spiro atoms. The second kappa shape index (κ2) is 13.6. The molecule has 0 bridgehead atoms. The summed E-state index contributed by atoms with van der Waals surface area (Å²) in [6.07, 6.45) is 12.3. The molecule has 5 nitrogen and oxygen atoms in total. The van der Waals surface area contributed by atoms with Crippen LogP contribution in [-0.2, 0) is 6.42 Å². The van der Waals surface area contributed by atoms with Gasteiger partial charge in [0.2, 0.25) is 0 Å². The Hall–Kier alpha value is -4.29. The average molecular weight is 562 g/mol. The number of halogens is 1. The highest BCUT2D eigenvalue weighted by molar-refractivity contribution is 5.96. The molecular weight excluding hydrogens is 521 g/mol. The zero-order valence-corrected chi connectivity index (χ0v) is 24.9. The summed E-state index contributed by atoms with van der Waals surface area (Å²) >= 11 is 0. The Balaban J connectivity index is 0.00000173. The SMILES string of the molecule is C=C/C=C(/c1ccccc1F)c1cc(-c2n[nH]c3ccc(-c4cncc(CCCN5CCCC5)c4)cc23)[nH]c1C.CC. The van der Waals surface area contributed by atoms with E-state index in [1.54, 1.807) is 18.2 Å². The number of fused-ring (bicyclic) bond motifs is 1. The van der Waals surface area contributed by atoms with Crippen molar-refractivity contribution in [3.05, 3.63) is 114 Å². The molecule has 0 radical (unpaired) electrons. The van der Waals surface area contributed by atoms with Gasteiger partial charge in [0, 0.05) is 40.2 Å². The number of likely N-dealkylation sites (tertiary alicyclic amines) is 1. The van der Waals surface area contributed by atoms with Crippen LogP contribution in [0.2, 0.25) is 0 Å². The van der Waals surface area contributed by atoms with Crippen LogP contribution >= 0.6 is 0 Å². The van der Waals surface area contributed by atoms with Crippen molar-refractivity contribution in [3.8, 4) is 22.5 Å². The van der Waals surface area contributed by atoms with Crippen LogP contribution in [-0.4, -0.2) is 44.7 Å². The first-order chi connectivity index (χ1) is 20.6. The second-order valence-electron chi connectivity index (χ2n) is 10.6. The van der Waals surface area contributed by atoms with Crippen molar-refractivity contribution in [1.29, 1.82) is 0 Å². The average Bonchev–Trinajstić information content (AvgIpc) is 3.78. The normalized spacial score (nSPS) is 13.8. The molecule has 1 saturated heterocycles. The molecule has 6 rings (SSSR count). The summed E-state index contributed by atoms with van der Waals surface area (Å²) in [6.45, 7) is 13.5. The van der Waals surface area contributed by atoms with E-state index < -0.39 is 0 Å². The number of benzene rings is 2. The smallest absolute Gasteiger partial charge is 0.131 e. The van der Waals surface area contributed by atoms with Crippen LogP contribution in [0.1, 0.15) is 55.5 Å². The van der Waals surface area contributed by atoms with Gasteiger partial charge in [-0.3, -0.25) is 10.1 Å². The molecule has 6 heteroatoms. The molecule has 216 valence electrons. The number of nitrogens with zero attached hydrogens (tertiary/aromatic N) is 3. The van der Waals surface area contributed by atoms with Gasteiger partial charge in [-0.1, -0.05) is 56.8 Å². The highest BCUT2D eigenvalue weighted by Gasteiger charge is 2.18. The minimum Gasteiger partial charge on any atom is -0.357 e. The van der Waals surface area contributed by atoms with Crippen molar-refractivity contribution in [2.75, 3.05) is 19.6 Å². The number of aromatic amines is 2. The summed E-state index contributed by atoms with van der Waals surface area (Å²) in [5, 5.41) is 8.85. The zero-order valence-electron chi connectivity index (χ0n) is 24.9. The highest BCUT2D eigenvalue weighted by atomic mass is 19.1. The minimum atomic E-state index is -0.264. The van der Waals surface area contributed by atoms with Crippen molar-refractivity contribution in [2.45, 2.75) is 46.5 Å². The monoisotopic (exact) mass is 561 g/mol. The fraction of sp³-hybridized carbons (Fsp3) is 0.278. The Morgan fingerprint density at radius 3 is 2.60 bits per heavy atom. The Kier molecular flexibility index (Phi) is 9.45. The van der Waals surface area contributed by atoms with E-state index in [2.05, 4.69) is 55.9 Å². The van der Waals surface area contributed by atoms with Gasteiger partial charge in [-0.05, 0) is 99.3 Å². The van der Waals surface area contributed by atoms with Gasteiger partial charge in [-0.25, -0.2) is 4.39 Å². The molecule has 5 aromatic rings. The molecule has 2 aromatic carbocycles. The molecule has 0 aliphatic carbocycles. The molecule has 3 aromatic heterocycles. The number of H-pyrrole nitrogens is 2. The van der Waals surface area contributed by atoms with Crippen LogP contribution in [0.3, 0.4) is 0 Å². The lowest BCUT2D eigenvalue weighted by Gasteiger charge is -2.14. The maximum absolute atomic E-state index is 14.7. The number of hydrogen-bond acceptors (Lipinski definition) is 3. The summed E-state index contributed by atoms with van der Waals surface area (Å²) in [5.41, 5.74) is 9.30. The topological polar surface area (TPSA) is 60.6 Å². The van der Waals surface area contributed by atoms with Gasteiger partial charge in [-0.2, -0.15) is 5.10 Å². The van der Waals surface area contributed by atoms with E-state index in [0.717, 1.165) is 69.6 Å². The molecule has 2 N–H and O–H groups in total.